The Morgan fingerprint density at radius 3 is 1.18 bits per heavy atom. The van der Waals surface area contributed by atoms with Crippen LogP contribution in [0.5, 0.6) is 0 Å². The van der Waals surface area contributed by atoms with Crippen molar-refractivity contribution in [1.29, 1.82) is 0 Å². The Labute approximate surface area is 910 Å². The first-order valence-corrected chi connectivity index (χ1v) is 43.4. The van der Waals surface area contributed by atoms with Gasteiger partial charge in [-0.25, -0.2) is 37.5 Å². The van der Waals surface area contributed by atoms with E-state index in [4.69, 9.17) is 26.8 Å². The molecule has 2 aliphatic rings. The number of aryl methyl sites for hydroxylation is 4. The second kappa shape index (κ2) is 49.6. The predicted molar refractivity (Wildman–Crippen MR) is 506 cm³/mol. The number of carbonyl (C=O) groups is 5. The Hall–Kier alpha value is -10.1. The van der Waals surface area contributed by atoms with Crippen molar-refractivity contribution in [1.82, 2.24) is 58.1 Å². The number of hydrogen-bond donors (Lipinski definition) is 3. The summed E-state index contributed by atoms with van der Waals surface area (Å²) in [5, 5.41) is 42.1. The number of benzene rings is 5. The molecule has 17 aromatic rings. The quantitative estimate of drug-likeness (QED) is 0.0142. The van der Waals surface area contributed by atoms with Gasteiger partial charge >= 0.3 is 144 Å². The van der Waals surface area contributed by atoms with Crippen molar-refractivity contribution < 1.29 is 206 Å². The number of carboxylic acid groups (broad SMARTS) is 1. The maximum Gasteiger partial charge on any atom is 1.00 e. The van der Waals surface area contributed by atoms with Crippen LogP contribution in [0.15, 0.2) is 239 Å². The summed E-state index contributed by atoms with van der Waals surface area (Å²) >= 11 is 12.5. The Morgan fingerprint density at radius 1 is 0.485 bits per heavy atom. The molecule has 0 bridgehead atoms. The number of rotatable bonds is 22. The zero-order valence-corrected chi connectivity index (χ0v) is 91.0. The van der Waals surface area contributed by atoms with E-state index < -0.39 is 55.6 Å². The summed E-state index contributed by atoms with van der Waals surface area (Å²) in [5.74, 6) is -4.68. The molecule has 4 N–H and O–H groups in total. The molecule has 42 heteroatoms. The molecule has 2 aliphatic carbocycles. The zero-order chi connectivity index (χ0) is 94.0. The van der Waals surface area contributed by atoms with Crippen LogP contribution < -0.4 is 164 Å². The largest absolute Gasteiger partial charge is 1.00 e. The van der Waals surface area contributed by atoms with Gasteiger partial charge in [-0.1, -0.05) is 78.3 Å². The summed E-state index contributed by atoms with van der Waals surface area (Å²) in [5.41, 5.74) is 14.7. The van der Waals surface area contributed by atoms with E-state index in [1.165, 1.54) is 41.3 Å². The van der Waals surface area contributed by atoms with Crippen molar-refractivity contribution in [2.75, 3.05) is 43.3 Å². The SMILES string of the molecule is CN.CN(c1ccc(CC(=O)C2(C(=O)Cc3ccccc3)CC2)cc1F)c1ccnc2cc(-c3cn(C)cn3)sc12.CN(c1ccc([N+](=O)[O-])cc1F)c1ccnc2cc(-c3cn(C)cn3)sc12.CNc1ccnc2cc(-c3cn(C)cn3)sc12.Cl.Cn1cnc(-c2cc3nccc(Cl)c3s2)c1.O=C(O)C1(C(=O)Cc2ccccc2)CC1.O=CO[O-].O=[N+]([O-])c1ccc(F)c(F)c1.[Cs+].[Cs+].[H-]. The number of anilines is 5. The topological polar surface area (TPSA) is 392 Å². The smallest absolute Gasteiger partial charge is 1.00 e. The third-order valence-corrected chi connectivity index (χ3v) is 25.8. The van der Waals surface area contributed by atoms with E-state index in [0.29, 0.717) is 49.1 Å². The number of nitro groups is 2. The van der Waals surface area contributed by atoms with Crippen molar-refractivity contribution in [3.63, 3.8) is 0 Å². The number of Topliss-reactive ketones (excluding diaryl/α,β-unsaturated/α-hetero) is 3. The van der Waals surface area contributed by atoms with E-state index in [0.717, 1.165) is 124 Å². The van der Waals surface area contributed by atoms with Crippen LogP contribution in [-0.4, -0.2) is 131 Å². The number of pyridine rings is 4. The number of aromatic nitrogens is 12. The second-order valence-corrected chi connectivity index (χ2v) is 34.3. The van der Waals surface area contributed by atoms with Crippen LogP contribution in [-0.2, 0) is 76.3 Å². The number of non-ortho nitro benzene ring substituents is 2. The monoisotopic (exact) mass is 2170 g/mol. The number of nitrogens with one attached hydrogen (secondary N) is 1. The molecular weight excluding hydrogens is 2090 g/mol. The Balaban J connectivity index is 0.000000205. The molecule has 5 aromatic carbocycles. The maximum atomic E-state index is 15.4. The van der Waals surface area contributed by atoms with E-state index in [1.807, 2.05) is 195 Å². The van der Waals surface area contributed by atoms with Gasteiger partial charge in [0.05, 0.1) is 169 Å². The van der Waals surface area contributed by atoms with E-state index in [-0.39, 0.29) is 206 Å². The minimum Gasteiger partial charge on any atom is -1.00 e. The number of nitrogens with two attached hydrogens (primary N) is 1. The van der Waals surface area contributed by atoms with Gasteiger partial charge in [0.1, 0.15) is 11.2 Å². The molecule has 2 saturated carbocycles. The van der Waals surface area contributed by atoms with Crippen molar-refractivity contribution in [2.24, 2.45) is 44.8 Å². The van der Waals surface area contributed by atoms with E-state index in [1.54, 1.807) is 107 Å². The summed E-state index contributed by atoms with van der Waals surface area (Å²) in [4.78, 5) is 122. The van der Waals surface area contributed by atoms with Gasteiger partial charge < -0.3 is 55.8 Å². The molecule has 0 atom stereocenters. The normalized spacial score (nSPS) is 11.9. The molecule has 30 nitrogen and oxygen atoms in total. The predicted octanol–water partition coefficient (Wildman–Crippen LogP) is 13.0. The first-order chi connectivity index (χ1) is 63.0. The zero-order valence-electron chi connectivity index (χ0n) is 74.6. The van der Waals surface area contributed by atoms with Crippen molar-refractivity contribution in [2.45, 2.75) is 44.9 Å². The van der Waals surface area contributed by atoms with Crippen LogP contribution in [0.25, 0.3) is 83.2 Å². The van der Waals surface area contributed by atoms with Crippen LogP contribution in [0.4, 0.5) is 57.4 Å². The Bertz CT molecular complexity index is 7000. The molecule has 0 unspecified atom stereocenters. The fourth-order valence-electron chi connectivity index (χ4n) is 13.6. The molecule has 0 aliphatic heterocycles. The molecule has 0 amide bonds. The summed E-state index contributed by atoms with van der Waals surface area (Å²) in [6, 6.07) is 44.9. The number of imidazole rings is 4. The van der Waals surface area contributed by atoms with Gasteiger partial charge in [-0.2, -0.15) is 0 Å². The number of ketones is 3. The van der Waals surface area contributed by atoms with Gasteiger partial charge in [0, 0.05) is 130 Å². The summed E-state index contributed by atoms with van der Waals surface area (Å²) < 4.78 is 66.0. The molecule has 0 spiro atoms. The summed E-state index contributed by atoms with van der Waals surface area (Å²) in [7, 11) is 14.7. The second-order valence-electron chi connectivity index (χ2n) is 29.6. The van der Waals surface area contributed by atoms with Crippen molar-refractivity contribution in [3.05, 3.63) is 304 Å². The van der Waals surface area contributed by atoms with Crippen molar-refractivity contribution >= 4 is 180 Å². The first kappa shape index (κ1) is 108. The first-order valence-electron chi connectivity index (χ1n) is 39.8. The molecule has 19 rings (SSSR count). The van der Waals surface area contributed by atoms with E-state index in [9.17, 15) is 52.6 Å². The standard InChI is InChI=1S/C31H27FN4O2S.C18H14FN5O2S.C12H12N4S.C12H12O3.C11H8ClN3S.C6H3F2NO2.CH5N.CH2O3.ClH.2Cs.H/c1-35-18-24(34-19-35)27-17-23-30(39-27)26(10-13-33-23)36(2)25-9-8-21(14-22(25)32)16-29(38)31(11-12-31)28(37)15-20-6-4-3-5-7-20;1-22-9-14(21-10-22)17-8-13-18(27-17)16(5-6-20-13)23(2)15-4-3-11(24(25)26)7-12(15)19;1-13-8-3-4-14-9-5-11(17-12(8)9)10-6-16(2)7-15-10;13-10(12(6-7-12)11(14)15)8-9-4-2-1-3-5-9;1-15-5-9(14-6-15)10-4-8-11(16-10)7(12)2-3-13-8;7-5-2-1-4(9(10)11)3-6(5)8;1-2;2-1-4-3;;;;/h3-10,13-14,17-19H,11-12,15-16H2,1-2H3;3-10H,1-2H3;3-7H,1-2H3,(H,13,14);1-5H,6-8H2,(H,14,15);2-6H,1H3;1-3H;2H2,1H3;1,3H;1H;;;/q;;;;;;;;;2*+1;-1/p-1. The third kappa shape index (κ3) is 26.8. The number of carbonyl (C=O) groups excluding carboxylic acids is 4. The Morgan fingerprint density at radius 2 is 0.828 bits per heavy atom. The number of aliphatic carboxylic acids is 1. The number of thiophene rings is 4. The van der Waals surface area contributed by atoms with Gasteiger partial charge in [0.25, 0.3) is 17.8 Å². The number of halogens is 6. The van der Waals surface area contributed by atoms with E-state index >= 15 is 4.39 Å². The number of fused-ring (bicyclic) bond motifs is 4. The molecule has 682 valence electrons. The van der Waals surface area contributed by atoms with Gasteiger partial charge in [-0.15, -0.1) is 57.8 Å². The number of nitrogens with zero attached hydrogens (tertiary/aromatic N) is 16. The van der Waals surface area contributed by atoms with Crippen molar-refractivity contribution in [3.8, 4) is 42.3 Å². The van der Waals surface area contributed by atoms with Gasteiger partial charge in [-0.3, -0.25) is 64.1 Å². The Kier molecular flexibility index (Phi) is 39.8. The third-order valence-electron chi connectivity index (χ3n) is 20.7. The number of carboxylic acids is 1. The van der Waals surface area contributed by atoms with Gasteiger partial charge in [0.15, 0.2) is 34.8 Å². The minimum atomic E-state index is -1.21. The van der Waals surface area contributed by atoms with Gasteiger partial charge in [0.2, 0.25) is 0 Å². The van der Waals surface area contributed by atoms with Crippen LogP contribution in [0, 0.1) is 54.3 Å². The molecule has 0 saturated heterocycles. The summed E-state index contributed by atoms with van der Waals surface area (Å²) in [6.07, 6.45) is 24.5. The molecule has 134 heavy (non-hydrogen) atoms. The fourth-order valence-corrected chi connectivity index (χ4v) is 18.2. The number of hydrogen-bond acceptors (Lipinski definition) is 27. The van der Waals surface area contributed by atoms with E-state index in [2.05, 4.69) is 61.9 Å². The van der Waals surface area contributed by atoms with Crippen LogP contribution in [0.2, 0.25) is 5.02 Å². The molecule has 12 heterocycles. The average molecular weight is 2170 g/mol. The van der Waals surface area contributed by atoms with Crippen LogP contribution >= 0.6 is 69.4 Å². The molecule has 2 fully saturated rings. The van der Waals surface area contributed by atoms with Gasteiger partial charge in [-0.05, 0) is 122 Å². The average Bonchev–Trinajstić information content (AvgIpc) is 1.62. The molecular formula is C92H84Cl2Cs2F4N18O12S4. The molecule has 12 aromatic heterocycles. The molecule has 0 radical (unpaired) electrons. The maximum absolute atomic E-state index is 15.4. The fraction of sp³-hybridized carbons (Fsp3) is 0.185. The summed E-state index contributed by atoms with van der Waals surface area (Å²) in [6.45, 7) is -0.181. The van der Waals surface area contributed by atoms with Crippen LogP contribution in [0.3, 0.4) is 0 Å². The minimum absolute atomic E-state index is 0. The number of nitro benzene ring substituents is 2. The van der Waals surface area contributed by atoms with Crippen LogP contribution in [0.1, 0.15) is 43.8 Å².